The van der Waals surface area contributed by atoms with E-state index in [1.54, 1.807) is 0 Å². The Morgan fingerprint density at radius 2 is 1.42 bits per heavy atom. The third-order valence-electron chi connectivity index (χ3n) is 3.63. The molecule has 0 amide bonds. The lowest BCUT2D eigenvalue weighted by atomic mass is 10.2. The van der Waals surface area contributed by atoms with Gasteiger partial charge in [-0.2, -0.15) is 0 Å². The Morgan fingerprint density at radius 3 is 2.11 bits per heavy atom. The Balaban J connectivity index is 1.82. The number of rotatable bonds is 2. The highest BCUT2D eigenvalue weighted by molar-refractivity contribution is 14.1. The first-order valence-electron chi connectivity index (χ1n) is 6.56. The monoisotopic (exact) mass is 364 g/mol. The Morgan fingerprint density at radius 1 is 0.842 bits per heavy atom. The molecule has 3 heteroatoms. The van der Waals surface area contributed by atoms with E-state index in [0.717, 1.165) is 19.8 Å². The largest absolute Gasteiger partial charge is 0.352 e. The number of benzene rings is 2. The number of hydrogen-bond donors (Lipinski definition) is 0. The maximum atomic E-state index is 2.46. The average molecular weight is 364 g/mol. The average Bonchev–Trinajstić information content (AvgIpc) is 2.89. The number of hydrogen-bond acceptors (Lipinski definition) is 2. The highest BCUT2D eigenvalue weighted by atomic mass is 127. The van der Waals surface area contributed by atoms with Crippen molar-refractivity contribution in [1.82, 2.24) is 0 Å². The third kappa shape index (κ3) is 2.56. The molecule has 1 fully saturated rings. The molecule has 1 aliphatic rings. The molecule has 1 aliphatic heterocycles. The molecule has 0 saturated carbocycles. The molecule has 1 saturated heterocycles. The Labute approximate surface area is 128 Å². The highest BCUT2D eigenvalue weighted by Gasteiger charge is 2.22. The van der Waals surface area contributed by atoms with Crippen LogP contribution in [-0.4, -0.2) is 19.8 Å². The minimum absolute atomic E-state index is 0.977. The molecular formula is C16H17IN2. The summed E-state index contributed by atoms with van der Waals surface area (Å²) in [5.41, 5.74) is 4.06. The van der Waals surface area contributed by atoms with Crippen LogP contribution in [0.5, 0.6) is 0 Å². The lowest BCUT2D eigenvalue weighted by molar-refractivity contribution is 0.942. The van der Waals surface area contributed by atoms with Crippen LogP contribution in [0, 0.1) is 10.5 Å². The Bertz CT molecular complexity index is 531. The van der Waals surface area contributed by atoms with E-state index in [2.05, 4.69) is 87.8 Å². The molecule has 0 aliphatic carbocycles. The van der Waals surface area contributed by atoms with Gasteiger partial charge in [0.2, 0.25) is 0 Å². The molecule has 0 unspecified atom stereocenters. The van der Waals surface area contributed by atoms with Crippen molar-refractivity contribution in [3.8, 4) is 0 Å². The topological polar surface area (TPSA) is 6.48 Å². The van der Waals surface area contributed by atoms with E-state index in [1.165, 1.54) is 20.5 Å². The van der Waals surface area contributed by atoms with E-state index in [-0.39, 0.29) is 0 Å². The van der Waals surface area contributed by atoms with Crippen LogP contribution in [0.2, 0.25) is 0 Å². The van der Waals surface area contributed by atoms with Gasteiger partial charge in [-0.05, 0) is 53.3 Å². The highest BCUT2D eigenvalue weighted by Crippen LogP contribution is 2.28. The molecule has 2 aromatic rings. The standard InChI is InChI=1S/C16H17IN2/c1-13-6-2-4-8-15(13)18-10-11-19(12-18)16-9-5-3-7-14(16)17/h2-9H,10-12H2,1H3. The van der Waals surface area contributed by atoms with Crippen LogP contribution in [0.15, 0.2) is 48.5 Å². The second-order valence-corrected chi connectivity index (χ2v) is 6.07. The lowest BCUT2D eigenvalue weighted by Gasteiger charge is -2.23. The number of halogens is 1. The normalized spacial score (nSPS) is 15.1. The summed E-state index contributed by atoms with van der Waals surface area (Å²) in [4.78, 5) is 4.91. The second kappa shape index (κ2) is 5.41. The van der Waals surface area contributed by atoms with Gasteiger partial charge in [-0.15, -0.1) is 0 Å². The fraction of sp³-hybridized carbons (Fsp3) is 0.250. The van der Waals surface area contributed by atoms with Gasteiger partial charge in [0.1, 0.15) is 0 Å². The van der Waals surface area contributed by atoms with Crippen molar-refractivity contribution in [1.29, 1.82) is 0 Å². The summed E-state index contributed by atoms with van der Waals surface area (Å²) >= 11 is 2.42. The fourth-order valence-corrected chi connectivity index (χ4v) is 3.34. The maximum absolute atomic E-state index is 2.46. The zero-order valence-corrected chi connectivity index (χ0v) is 13.2. The van der Waals surface area contributed by atoms with Gasteiger partial charge in [0.05, 0.1) is 12.4 Å². The van der Waals surface area contributed by atoms with Gasteiger partial charge in [0.15, 0.2) is 0 Å². The molecule has 0 aromatic heterocycles. The molecule has 0 N–H and O–H groups in total. The summed E-state index contributed by atoms with van der Waals surface area (Å²) in [6, 6.07) is 17.2. The number of anilines is 2. The van der Waals surface area contributed by atoms with Crippen molar-refractivity contribution in [2.24, 2.45) is 0 Å². The molecular weight excluding hydrogens is 347 g/mol. The van der Waals surface area contributed by atoms with Crippen molar-refractivity contribution in [2.45, 2.75) is 6.92 Å². The van der Waals surface area contributed by atoms with Crippen molar-refractivity contribution >= 4 is 34.0 Å². The first kappa shape index (κ1) is 12.8. The van der Waals surface area contributed by atoms with E-state index in [1.807, 2.05) is 0 Å². The predicted molar refractivity (Wildman–Crippen MR) is 89.9 cm³/mol. The summed E-state index contributed by atoms with van der Waals surface area (Å²) in [5.74, 6) is 0. The molecule has 2 nitrogen and oxygen atoms in total. The first-order chi connectivity index (χ1) is 9.25. The van der Waals surface area contributed by atoms with Crippen molar-refractivity contribution in [3.05, 3.63) is 57.7 Å². The van der Waals surface area contributed by atoms with Crippen LogP contribution in [0.3, 0.4) is 0 Å². The van der Waals surface area contributed by atoms with Crippen LogP contribution in [0.25, 0.3) is 0 Å². The van der Waals surface area contributed by atoms with Crippen molar-refractivity contribution < 1.29 is 0 Å². The first-order valence-corrected chi connectivity index (χ1v) is 7.63. The van der Waals surface area contributed by atoms with Crippen LogP contribution in [-0.2, 0) is 0 Å². The minimum Gasteiger partial charge on any atom is -0.352 e. The molecule has 19 heavy (non-hydrogen) atoms. The van der Waals surface area contributed by atoms with Gasteiger partial charge >= 0.3 is 0 Å². The molecule has 98 valence electrons. The van der Waals surface area contributed by atoms with Crippen LogP contribution >= 0.6 is 22.6 Å². The summed E-state index contributed by atoms with van der Waals surface area (Å²) in [5, 5.41) is 0. The van der Waals surface area contributed by atoms with Gasteiger partial charge in [-0.1, -0.05) is 30.3 Å². The van der Waals surface area contributed by atoms with Gasteiger partial charge in [0.25, 0.3) is 0 Å². The summed E-state index contributed by atoms with van der Waals surface area (Å²) < 4.78 is 1.33. The maximum Gasteiger partial charge on any atom is 0.0904 e. The number of para-hydroxylation sites is 2. The van der Waals surface area contributed by atoms with E-state index >= 15 is 0 Å². The summed E-state index contributed by atoms with van der Waals surface area (Å²) in [6.07, 6.45) is 0. The van der Waals surface area contributed by atoms with Gasteiger partial charge in [0, 0.05) is 22.3 Å². The van der Waals surface area contributed by atoms with Crippen LogP contribution in [0.1, 0.15) is 5.56 Å². The Hall–Kier alpha value is -1.23. The fourth-order valence-electron chi connectivity index (χ4n) is 2.61. The summed E-state index contributed by atoms with van der Waals surface area (Å²) in [6.45, 7) is 5.35. The van der Waals surface area contributed by atoms with E-state index in [0.29, 0.717) is 0 Å². The molecule has 1 heterocycles. The smallest absolute Gasteiger partial charge is 0.0904 e. The Kier molecular flexibility index (Phi) is 3.64. The zero-order chi connectivity index (χ0) is 13.2. The van der Waals surface area contributed by atoms with Crippen LogP contribution in [0.4, 0.5) is 11.4 Å². The molecule has 0 bridgehead atoms. The zero-order valence-electron chi connectivity index (χ0n) is 11.0. The van der Waals surface area contributed by atoms with E-state index in [4.69, 9.17) is 0 Å². The van der Waals surface area contributed by atoms with Gasteiger partial charge in [-0.3, -0.25) is 0 Å². The second-order valence-electron chi connectivity index (χ2n) is 4.91. The van der Waals surface area contributed by atoms with Crippen molar-refractivity contribution in [3.63, 3.8) is 0 Å². The number of aryl methyl sites for hydroxylation is 1. The quantitative estimate of drug-likeness (QED) is 0.747. The molecule has 0 spiro atoms. The summed E-state index contributed by atoms with van der Waals surface area (Å²) in [7, 11) is 0. The minimum atomic E-state index is 0.977. The molecule has 3 rings (SSSR count). The van der Waals surface area contributed by atoms with Gasteiger partial charge in [-0.25, -0.2) is 0 Å². The van der Waals surface area contributed by atoms with Gasteiger partial charge < -0.3 is 9.80 Å². The van der Waals surface area contributed by atoms with E-state index in [9.17, 15) is 0 Å². The van der Waals surface area contributed by atoms with Crippen LogP contribution < -0.4 is 9.80 Å². The van der Waals surface area contributed by atoms with Crippen molar-refractivity contribution in [2.75, 3.05) is 29.6 Å². The number of nitrogens with zero attached hydrogens (tertiary/aromatic N) is 2. The third-order valence-corrected chi connectivity index (χ3v) is 4.54. The van der Waals surface area contributed by atoms with E-state index < -0.39 is 0 Å². The molecule has 2 aromatic carbocycles. The molecule has 0 radical (unpaired) electrons. The SMILES string of the molecule is Cc1ccccc1N1CCN(c2ccccc2I)C1. The predicted octanol–water partition coefficient (Wildman–Crippen LogP) is 3.88. The lowest BCUT2D eigenvalue weighted by Crippen LogP contribution is -2.25. The molecule has 0 atom stereocenters.